The average Bonchev–Trinajstić information content (AvgIpc) is 3.10. The van der Waals surface area contributed by atoms with Crippen LogP contribution < -0.4 is 5.56 Å². The fourth-order valence-electron chi connectivity index (χ4n) is 3.68. The molecular weight excluding hydrogens is 390 g/mol. The van der Waals surface area contributed by atoms with Gasteiger partial charge in [-0.05, 0) is 54.8 Å². The Hall–Kier alpha value is -2.37. The molecule has 1 amide bonds. The lowest BCUT2D eigenvalue weighted by atomic mass is 10.0. The standard InChI is InChI=1S/C20H15Cl2FN2O2/c21-12-6-11(7-13(22)8-12)18-2-1-5-25(18)20(27)16-10-19(26)24-17-4-3-14(23)9-15(16)17/h3-4,6-10,18H,1-2,5H2,(H,24,26). The van der Waals surface area contributed by atoms with Crippen molar-refractivity contribution in [3.8, 4) is 0 Å². The first-order chi connectivity index (χ1) is 12.9. The number of rotatable bonds is 2. The van der Waals surface area contributed by atoms with Crippen molar-refractivity contribution in [1.82, 2.24) is 9.88 Å². The van der Waals surface area contributed by atoms with E-state index in [-0.39, 0.29) is 17.5 Å². The number of amides is 1. The summed E-state index contributed by atoms with van der Waals surface area (Å²) in [4.78, 5) is 29.6. The van der Waals surface area contributed by atoms with Crippen molar-refractivity contribution < 1.29 is 9.18 Å². The van der Waals surface area contributed by atoms with Crippen LogP contribution in [-0.4, -0.2) is 22.3 Å². The highest BCUT2D eigenvalue weighted by atomic mass is 35.5. The first-order valence-electron chi connectivity index (χ1n) is 8.52. The van der Waals surface area contributed by atoms with Gasteiger partial charge in [-0.2, -0.15) is 0 Å². The SMILES string of the molecule is O=C(c1cc(=O)[nH]c2ccc(F)cc12)N1CCCC1c1cc(Cl)cc(Cl)c1. The average molecular weight is 405 g/mol. The maximum atomic E-state index is 13.7. The lowest BCUT2D eigenvalue weighted by molar-refractivity contribution is 0.0737. The van der Waals surface area contributed by atoms with E-state index in [1.807, 2.05) is 0 Å². The molecule has 4 rings (SSSR count). The summed E-state index contributed by atoms with van der Waals surface area (Å²) in [6, 6.07) is 10.2. The Morgan fingerprint density at radius 1 is 1.11 bits per heavy atom. The summed E-state index contributed by atoms with van der Waals surface area (Å²) in [5.41, 5.74) is 1.06. The Bertz CT molecular complexity index is 1090. The van der Waals surface area contributed by atoms with Crippen molar-refractivity contribution in [3.63, 3.8) is 0 Å². The number of aromatic amines is 1. The van der Waals surface area contributed by atoms with Gasteiger partial charge in [0.15, 0.2) is 0 Å². The molecule has 2 aromatic carbocycles. The van der Waals surface area contributed by atoms with E-state index in [1.54, 1.807) is 23.1 Å². The molecule has 1 unspecified atom stereocenters. The summed E-state index contributed by atoms with van der Waals surface area (Å²) in [6.45, 7) is 0.539. The summed E-state index contributed by atoms with van der Waals surface area (Å²) in [7, 11) is 0. The third-order valence-corrected chi connectivity index (χ3v) is 5.26. The van der Waals surface area contributed by atoms with Crippen LogP contribution in [0.1, 0.15) is 34.8 Å². The molecule has 4 nitrogen and oxygen atoms in total. The molecule has 1 atom stereocenters. The lowest BCUT2D eigenvalue weighted by Gasteiger charge is -2.26. The number of nitrogens with one attached hydrogen (secondary N) is 1. The molecule has 1 saturated heterocycles. The highest BCUT2D eigenvalue weighted by molar-refractivity contribution is 6.34. The first kappa shape index (κ1) is 18.0. The molecule has 0 aliphatic carbocycles. The minimum Gasteiger partial charge on any atom is -0.332 e. The molecule has 27 heavy (non-hydrogen) atoms. The van der Waals surface area contributed by atoms with Gasteiger partial charge in [-0.1, -0.05) is 23.2 Å². The van der Waals surface area contributed by atoms with Gasteiger partial charge in [0.2, 0.25) is 5.56 Å². The van der Waals surface area contributed by atoms with Gasteiger partial charge in [-0.15, -0.1) is 0 Å². The Labute approximate surface area is 164 Å². The minimum absolute atomic E-state index is 0.188. The molecule has 1 aromatic heterocycles. The number of nitrogens with zero attached hydrogens (tertiary/aromatic N) is 1. The second kappa shape index (κ2) is 6.98. The van der Waals surface area contributed by atoms with Crippen LogP contribution in [0.4, 0.5) is 4.39 Å². The molecule has 2 heterocycles. The van der Waals surface area contributed by atoms with E-state index in [9.17, 15) is 14.0 Å². The van der Waals surface area contributed by atoms with Crippen LogP contribution in [0.5, 0.6) is 0 Å². The number of H-pyrrole nitrogens is 1. The van der Waals surface area contributed by atoms with Gasteiger partial charge in [0, 0.05) is 33.6 Å². The normalized spacial score (nSPS) is 16.9. The van der Waals surface area contributed by atoms with E-state index in [4.69, 9.17) is 23.2 Å². The Kier molecular flexibility index (Phi) is 4.66. The van der Waals surface area contributed by atoms with Crippen molar-refractivity contribution >= 4 is 40.0 Å². The number of fused-ring (bicyclic) bond motifs is 1. The monoisotopic (exact) mass is 404 g/mol. The zero-order valence-electron chi connectivity index (χ0n) is 14.1. The zero-order valence-corrected chi connectivity index (χ0v) is 15.6. The van der Waals surface area contributed by atoms with Gasteiger partial charge in [0.05, 0.1) is 11.6 Å². The molecule has 0 spiro atoms. The number of carbonyl (C=O) groups is 1. The molecule has 0 radical (unpaired) electrons. The number of likely N-dealkylation sites (tertiary alicyclic amines) is 1. The number of aromatic nitrogens is 1. The maximum absolute atomic E-state index is 13.7. The molecule has 3 aromatic rings. The molecule has 7 heteroatoms. The summed E-state index contributed by atoms with van der Waals surface area (Å²) in [6.07, 6.45) is 1.58. The van der Waals surface area contributed by atoms with E-state index in [0.29, 0.717) is 27.5 Å². The largest absolute Gasteiger partial charge is 0.332 e. The maximum Gasteiger partial charge on any atom is 0.255 e. The Morgan fingerprint density at radius 3 is 2.59 bits per heavy atom. The second-order valence-corrected chi connectivity index (χ2v) is 7.47. The lowest BCUT2D eigenvalue weighted by Crippen LogP contribution is -2.31. The van der Waals surface area contributed by atoms with Crippen LogP contribution in [-0.2, 0) is 0 Å². The van der Waals surface area contributed by atoms with Crippen LogP contribution in [0, 0.1) is 5.82 Å². The van der Waals surface area contributed by atoms with Gasteiger partial charge < -0.3 is 9.88 Å². The molecule has 0 saturated carbocycles. The molecule has 0 bridgehead atoms. The van der Waals surface area contributed by atoms with Gasteiger partial charge in [-0.3, -0.25) is 9.59 Å². The molecule has 1 N–H and O–H groups in total. The highest BCUT2D eigenvalue weighted by Crippen LogP contribution is 2.36. The second-order valence-electron chi connectivity index (χ2n) is 6.60. The predicted octanol–water partition coefficient (Wildman–Crippen LogP) is 4.95. The van der Waals surface area contributed by atoms with Crippen LogP contribution in [0.15, 0.2) is 47.3 Å². The van der Waals surface area contributed by atoms with Crippen LogP contribution in [0.2, 0.25) is 10.0 Å². The smallest absolute Gasteiger partial charge is 0.255 e. The van der Waals surface area contributed by atoms with Crippen LogP contribution >= 0.6 is 23.2 Å². The number of hydrogen-bond donors (Lipinski definition) is 1. The molecule has 1 aliphatic rings. The van der Waals surface area contributed by atoms with Gasteiger partial charge in [0.25, 0.3) is 5.91 Å². The molecule has 1 fully saturated rings. The number of carbonyl (C=O) groups excluding carboxylic acids is 1. The quantitative estimate of drug-likeness (QED) is 0.656. The van der Waals surface area contributed by atoms with E-state index in [2.05, 4.69) is 4.98 Å². The zero-order chi connectivity index (χ0) is 19.1. The number of halogens is 3. The van der Waals surface area contributed by atoms with E-state index in [0.717, 1.165) is 18.4 Å². The van der Waals surface area contributed by atoms with Crippen molar-refractivity contribution in [2.24, 2.45) is 0 Å². The fourth-order valence-corrected chi connectivity index (χ4v) is 4.22. The number of pyridine rings is 1. The summed E-state index contributed by atoms with van der Waals surface area (Å²) in [5, 5.41) is 1.38. The van der Waals surface area contributed by atoms with Crippen LogP contribution in [0.25, 0.3) is 10.9 Å². The molecular formula is C20H15Cl2FN2O2. The number of hydrogen-bond acceptors (Lipinski definition) is 2. The van der Waals surface area contributed by atoms with E-state index >= 15 is 0 Å². The predicted molar refractivity (Wildman–Crippen MR) is 104 cm³/mol. The van der Waals surface area contributed by atoms with Gasteiger partial charge in [0.1, 0.15) is 5.82 Å². The van der Waals surface area contributed by atoms with E-state index < -0.39 is 11.4 Å². The van der Waals surface area contributed by atoms with Crippen molar-refractivity contribution in [3.05, 3.63) is 79.8 Å². The minimum atomic E-state index is -0.469. The summed E-state index contributed by atoms with van der Waals surface area (Å²) in [5.74, 6) is -0.779. The van der Waals surface area contributed by atoms with Crippen molar-refractivity contribution in [2.75, 3.05) is 6.54 Å². The van der Waals surface area contributed by atoms with Crippen molar-refractivity contribution in [2.45, 2.75) is 18.9 Å². The summed E-state index contributed by atoms with van der Waals surface area (Å²) < 4.78 is 13.7. The fraction of sp³-hybridized carbons (Fsp3) is 0.200. The first-order valence-corrected chi connectivity index (χ1v) is 9.27. The van der Waals surface area contributed by atoms with Gasteiger partial charge >= 0.3 is 0 Å². The molecule has 1 aliphatic heterocycles. The Morgan fingerprint density at radius 2 is 1.85 bits per heavy atom. The van der Waals surface area contributed by atoms with Gasteiger partial charge in [-0.25, -0.2) is 4.39 Å². The van der Waals surface area contributed by atoms with E-state index in [1.165, 1.54) is 24.3 Å². The molecule has 138 valence electrons. The summed E-state index contributed by atoms with van der Waals surface area (Å²) >= 11 is 12.2. The topological polar surface area (TPSA) is 53.2 Å². The third-order valence-electron chi connectivity index (χ3n) is 4.82. The third kappa shape index (κ3) is 3.45. The number of benzene rings is 2. The van der Waals surface area contributed by atoms with Crippen LogP contribution in [0.3, 0.4) is 0 Å². The highest BCUT2D eigenvalue weighted by Gasteiger charge is 2.32. The Balaban J connectivity index is 1.79. The van der Waals surface area contributed by atoms with Crippen molar-refractivity contribution in [1.29, 1.82) is 0 Å².